The largest absolute Gasteiger partial charge is 0.496 e. The molecule has 9 heteroatoms. The second-order valence-corrected chi connectivity index (χ2v) is 5.91. The van der Waals surface area contributed by atoms with Gasteiger partial charge in [-0.1, -0.05) is 24.3 Å². The van der Waals surface area contributed by atoms with Crippen LogP contribution in [0.25, 0.3) is 5.69 Å². The van der Waals surface area contributed by atoms with Gasteiger partial charge >= 0.3 is 5.97 Å². The summed E-state index contributed by atoms with van der Waals surface area (Å²) >= 11 is 0. The highest BCUT2D eigenvalue weighted by Gasteiger charge is 2.16. The highest BCUT2D eigenvalue weighted by atomic mass is 16.5. The first-order valence-corrected chi connectivity index (χ1v) is 8.51. The summed E-state index contributed by atoms with van der Waals surface area (Å²) in [6.45, 7) is 1.43. The first kappa shape index (κ1) is 19.0. The second kappa shape index (κ2) is 8.76. The molecule has 0 fully saturated rings. The van der Waals surface area contributed by atoms with Gasteiger partial charge in [-0.05, 0) is 41.6 Å². The van der Waals surface area contributed by atoms with Crippen molar-refractivity contribution in [2.24, 2.45) is 0 Å². The van der Waals surface area contributed by atoms with Crippen LogP contribution in [0.4, 0.5) is 0 Å². The number of aromatic nitrogens is 4. The molecule has 1 unspecified atom stereocenters. The van der Waals surface area contributed by atoms with Gasteiger partial charge in [-0.15, -0.1) is 5.10 Å². The van der Waals surface area contributed by atoms with Crippen molar-refractivity contribution in [3.05, 3.63) is 66.0 Å². The number of nitrogens with zero attached hydrogens (tertiary/aromatic N) is 4. The summed E-state index contributed by atoms with van der Waals surface area (Å²) in [4.78, 5) is 24.4. The molecule has 0 aliphatic rings. The third-order valence-electron chi connectivity index (χ3n) is 4.01. The molecule has 1 heterocycles. The Bertz CT molecular complexity index is 958. The summed E-state index contributed by atoms with van der Waals surface area (Å²) < 4.78 is 11.8. The van der Waals surface area contributed by atoms with Crippen LogP contribution < -0.4 is 10.1 Å². The summed E-state index contributed by atoms with van der Waals surface area (Å²) in [6.07, 6.45) is 1.41. The van der Waals surface area contributed by atoms with E-state index in [0.29, 0.717) is 17.0 Å². The lowest BCUT2D eigenvalue weighted by atomic mass is 10.1. The van der Waals surface area contributed by atoms with Crippen LogP contribution in [0.15, 0.2) is 54.9 Å². The molecule has 0 aliphatic carbocycles. The van der Waals surface area contributed by atoms with Gasteiger partial charge in [0, 0.05) is 5.56 Å². The zero-order chi connectivity index (χ0) is 19.9. The molecule has 1 aromatic heterocycles. The lowest BCUT2D eigenvalue weighted by molar-refractivity contribution is -0.124. The number of para-hydroxylation sites is 1. The molecular formula is C19H19N5O4. The molecule has 0 spiro atoms. The Morgan fingerprint density at radius 1 is 1.18 bits per heavy atom. The fourth-order valence-corrected chi connectivity index (χ4v) is 2.65. The molecular weight excluding hydrogens is 362 g/mol. The van der Waals surface area contributed by atoms with E-state index in [9.17, 15) is 9.59 Å². The van der Waals surface area contributed by atoms with Crippen LogP contribution in [0.5, 0.6) is 5.75 Å². The molecule has 1 N–H and O–H groups in total. The average molecular weight is 381 g/mol. The van der Waals surface area contributed by atoms with Gasteiger partial charge in [-0.3, -0.25) is 4.79 Å². The van der Waals surface area contributed by atoms with Crippen LogP contribution in [-0.2, 0) is 9.53 Å². The van der Waals surface area contributed by atoms with E-state index in [1.807, 2.05) is 31.2 Å². The fraction of sp³-hybridized carbons (Fsp3) is 0.211. The van der Waals surface area contributed by atoms with Gasteiger partial charge in [0.05, 0.1) is 24.4 Å². The van der Waals surface area contributed by atoms with E-state index in [1.165, 1.54) is 11.0 Å². The van der Waals surface area contributed by atoms with Crippen molar-refractivity contribution in [3.63, 3.8) is 0 Å². The number of carbonyl (C=O) groups excluding carboxylic acids is 2. The highest BCUT2D eigenvalue weighted by molar-refractivity contribution is 5.91. The topological polar surface area (TPSA) is 108 Å². The monoisotopic (exact) mass is 381 g/mol. The maximum Gasteiger partial charge on any atom is 0.338 e. The van der Waals surface area contributed by atoms with E-state index in [1.54, 1.807) is 31.4 Å². The van der Waals surface area contributed by atoms with Crippen LogP contribution in [-0.4, -0.2) is 45.8 Å². The first-order valence-electron chi connectivity index (χ1n) is 8.51. The molecule has 3 aromatic rings. The van der Waals surface area contributed by atoms with Gasteiger partial charge in [0.15, 0.2) is 6.61 Å². The zero-order valence-electron chi connectivity index (χ0n) is 15.4. The number of methoxy groups -OCH3 is 1. The standard InChI is InChI=1S/C19H19N5O4/c1-13(16-8-3-4-9-17(16)27-2)21-18(25)11-28-19(26)14-6-5-7-15(10-14)24-12-20-22-23-24/h3-10,12-13H,11H2,1-2H3,(H,21,25). The number of carbonyl (C=O) groups is 2. The number of nitrogens with one attached hydrogen (secondary N) is 1. The lowest BCUT2D eigenvalue weighted by Gasteiger charge is -2.17. The Labute approximate surface area is 161 Å². The Balaban J connectivity index is 1.57. The predicted molar refractivity (Wildman–Crippen MR) is 99.0 cm³/mol. The third kappa shape index (κ3) is 4.50. The number of rotatable bonds is 7. The smallest absolute Gasteiger partial charge is 0.338 e. The van der Waals surface area contributed by atoms with Crippen molar-refractivity contribution in [2.45, 2.75) is 13.0 Å². The van der Waals surface area contributed by atoms with Gasteiger partial charge in [-0.2, -0.15) is 0 Å². The van der Waals surface area contributed by atoms with Crippen molar-refractivity contribution < 1.29 is 19.1 Å². The molecule has 0 aliphatic heterocycles. The molecule has 0 bridgehead atoms. The summed E-state index contributed by atoms with van der Waals surface area (Å²) in [5, 5.41) is 13.7. The Morgan fingerprint density at radius 3 is 2.75 bits per heavy atom. The predicted octanol–water partition coefficient (Wildman–Crippen LogP) is 1.71. The van der Waals surface area contributed by atoms with Crippen LogP contribution >= 0.6 is 0 Å². The van der Waals surface area contributed by atoms with E-state index in [-0.39, 0.29) is 6.04 Å². The minimum Gasteiger partial charge on any atom is -0.496 e. The van der Waals surface area contributed by atoms with Crippen LogP contribution in [0.2, 0.25) is 0 Å². The van der Waals surface area contributed by atoms with Crippen molar-refractivity contribution in [2.75, 3.05) is 13.7 Å². The average Bonchev–Trinajstić information content (AvgIpc) is 3.27. The summed E-state index contributed by atoms with van der Waals surface area (Å²) in [5.41, 5.74) is 1.73. The third-order valence-corrected chi connectivity index (χ3v) is 4.01. The van der Waals surface area contributed by atoms with Crippen molar-refractivity contribution in [1.82, 2.24) is 25.5 Å². The van der Waals surface area contributed by atoms with E-state index in [2.05, 4.69) is 20.8 Å². The first-order chi connectivity index (χ1) is 13.6. The fourth-order valence-electron chi connectivity index (χ4n) is 2.65. The van der Waals surface area contributed by atoms with Gasteiger partial charge in [0.1, 0.15) is 12.1 Å². The number of ether oxygens (including phenoxy) is 2. The molecule has 28 heavy (non-hydrogen) atoms. The summed E-state index contributed by atoms with van der Waals surface area (Å²) in [5.74, 6) is -0.356. The van der Waals surface area contributed by atoms with Crippen LogP contribution in [0, 0.1) is 0 Å². The second-order valence-electron chi connectivity index (χ2n) is 5.91. The molecule has 1 atom stereocenters. The molecule has 0 saturated carbocycles. The number of hydrogen-bond donors (Lipinski definition) is 1. The molecule has 2 aromatic carbocycles. The normalized spacial score (nSPS) is 11.5. The maximum atomic E-state index is 12.2. The number of amides is 1. The Hall–Kier alpha value is -3.75. The lowest BCUT2D eigenvalue weighted by Crippen LogP contribution is -2.31. The van der Waals surface area contributed by atoms with Gasteiger partial charge < -0.3 is 14.8 Å². The molecule has 1 amide bonds. The van der Waals surface area contributed by atoms with E-state index in [4.69, 9.17) is 9.47 Å². The Morgan fingerprint density at radius 2 is 2.00 bits per heavy atom. The van der Waals surface area contributed by atoms with Gasteiger partial charge in [0.25, 0.3) is 5.91 Å². The van der Waals surface area contributed by atoms with Gasteiger partial charge in [0.2, 0.25) is 0 Å². The van der Waals surface area contributed by atoms with E-state index < -0.39 is 18.5 Å². The Kier molecular flexibility index (Phi) is 5.95. The van der Waals surface area contributed by atoms with E-state index in [0.717, 1.165) is 5.56 Å². The van der Waals surface area contributed by atoms with Gasteiger partial charge in [-0.25, -0.2) is 9.48 Å². The summed E-state index contributed by atoms with van der Waals surface area (Å²) in [7, 11) is 1.57. The van der Waals surface area contributed by atoms with E-state index >= 15 is 0 Å². The van der Waals surface area contributed by atoms with Crippen molar-refractivity contribution in [3.8, 4) is 11.4 Å². The zero-order valence-corrected chi connectivity index (χ0v) is 15.4. The minimum absolute atomic E-state index is 0.290. The molecule has 3 rings (SSSR count). The number of hydrogen-bond acceptors (Lipinski definition) is 7. The number of esters is 1. The quantitative estimate of drug-likeness (QED) is 0.621. The molecule has 0 radical (unpaired) electrons. The van der Waals surface area contributed by atoms with Crippen molar-refractivity contribution >= 4 is 11.9 Å². The highest BCUT2D eigenvalue weighted by Crippen LogP contribution is 2.24. The maximum absolute atomic E-state index is 12.2. The van der Waals surface area contributed by atoms with Crippen LogP contribution in [0.3, 0.4) is 0 Å². The molecule has 0 saturated heterocycles. The van der Waals surface area contributed by atoms with Crippen LogP contribution in [0.1, 0.15) is 28.9 Å². The molecule has 144 valence electrons. The number of tetrazole rings is 1. The minimum atomic E-state index is -0.616. The summed E-state index contributed by atoms with van der Waals surface area (Å²) in [6, 6.07) is 13.7. The number of benzene rings is 2. The van der Waals surface area contributed by atoms with Crippen molar-refractivity contribution in [1.29, 1.82) is 0 Å². The molecule has 9 nitrogen and oxygen atoms in total. The SMILES string of the molecule is COc1ccccc1C(C)NC(=O)COC(=O)c1cccc(-n2cnnn2)c1.